The largest absolute Gasteiger partial charge is 0.352 e. The quantitative estimate of drug-likeness (QED) is 0.407. The van der Waals surface area contributed by atoms with Gasteiger partial charge < -0.3 is 10.2 Å². The van der Waals surface area contributed by atoms with Gasteiger partial charge in [-0.05, 0) is 72.2 Å². The molecule has 0 unspecified atom stereocenters. The van der Waals surface area contributed by atoms with Crippen LogP contribution in [0, 0.1) is 3.57 Å². The number of nitrogens with zero attached hydrogens (tertiary/aromatic N) is 2. The van der Waals surface area contributed by atoms with Crippen LogP contribution in [0.15, 0.2) is 54.6 Å². The molecule has 0 saturated carbocycles. The van der Waals surface area contributed by atoms with Crippen molar-refractivity contribution in [1.29, 1.82) is 0 Å². The minimum absolute atomic E-state index is 0.0282. The molecule has 9 heteroatoms. The van der Waals surface area contributed by atoms with Crippen molar-refractivity contribution in [2.24, 2.45) is 0 Å². The third-order valence-corrected chi connectivity index (χ3v) is 7.24. The van der Waals surface area contributed by atoms with Crippen molar-refractivity contribution in [2.75, 3.05) is 17.1 Å². The number of carbonyl (C=O) groups is 2. The predicted molar refractivity (Wildman–Crippen MR) is 140 cm³/mol. The van der Waals surface area contributed by atoms with E-state index in [2.05, 4.69) is 27.9 Å². The van der Waals surface area contributed by atoms with E-state index in [1.165, 1.54) is 4.90 Å². The van der Waals surface area contributed by atoms with Crippen LogP contribution in [0.3, 0.4) is 0 Å². The van der Waals surface area contributed by atoms with Crippen LogP contribution in [0.1, 0.15) is 39.2 Å². The van der Waals surface area contributed by atoms with Crippen molar-refractivity contribution in [3.63, 3.8) is 0 Å². The highest BCUT2D eigenvalue weighted by atomic mass is 127. The van der Waals surface area contributed by atoms with Crippen molar-refractivity contribution >= 4 is 50.1 Å². The summed E-state index contributed by atoms with van der Waals surface area (Å²) in [6, 6.07) is 15.5. The first-order chi connectivity index (χ1) is 15.6. The summed E-state index contributed by atoms with van der Waals surface area (Å²) < 4.78 is 27.2. The summed E-state index contributed by atoms with van der Waals surface area (Å²) in [5, 5.41) is 2.96. The monoisotopic (exact) mass is 585 g/mol. The maximum Gasteiger partial charge on any atom is 0.244 e. The molecule has 7 nitrogen and oxygen atoms in total. The summed E-state index contributed by atoms with van der Waals surface area (Å²) >= 11 is 2.14. The van der Waals surface area contributed by atoms with E-state index in [0.717, 1.165) is 26.1 Å². The summed E-state index contributed by atoms with van der Waals surface area (Å²) in [5.41, 5.74) is 1.27. The average molecular weight is 586 g/mol. The molecule has 0 fully saturated rings. The zero-order valence-corrected chi connectivity index (χ0v) is 22.5. The first-order valence-corrected chi connectivity index (χ1v) is 13.9. The van der Waals surface area contributed by atoms with Crippen LogP contribution < -0.4 is 9.62 Å². The third-order valence-electron chi connectivity index (χ3n) is 5.38. The second kappa shape index (κ2) is 12.4. The van der Waals surface area contributed by atoms with Gasteiger partial charge in [0.05, 0.1) is 11.9 Å². The molecule has 0 spiro atoms. The van der Waals surface area contributed by atoms with Crippen LogP contribution in [0.5, 0.6) is 0 Å². The van der Waals surface area contributed by atoms with E-state index in [4.69, 9.17) is 0 Å². The topological polar surface area (TPSA) is 86.8 Å². The number of anilines is 1. The molecule has 2 aromatic carbocycles. The number of hydrogen-bond acceptors (Lipinski definition) is 4. The van der Waals surface area contributed by atoms with Crippen molar-refractivity contribution < 1.29 is 18.0 Å². The molecule has 0 aliphatic heterocycles. The Kier molecular flexibility index (Phi) is 10.2. The minimum atomic E-state index is -3.73. The van der Waals surface area contributed by atoms with Gasteiger partial charge in [0.25, 0.3) is 0 Å². The molecule has 0 aromatic heterocycles. The molecule has 0 saturated heterocycles. The standard InChI is InChI=1S/C24H32IN3O4S/c1-5-18(3)26-24(30)22(6-2)27(16-19-10-8-7-9-11-19)23(29)17-28(33(4,31)32)21-14-12-20(25)13-15-21/h7-15,18,22H,5-6,16-17H2,1-4H3,(H,26,30)/t18-,22-/m1/s1. The second-order valence-corrected chi connectivity index (χ2v) is 11.1. The fourth-order valence-corrected chi connectivity index (χ4v) is 4.57. The highest BCUT2D eigenvalue weighted by Crippen LogP contribution is 2.21. The van der Waals surface area contributed by atoms with E-state index >= 15 is 0 Å². The fourth-order valence-electron chi connectivity index (χ4n) is 3.36. The maximum absolute atomic E-state index is 13.5. The lowest BCUT2D eigenvalue weighted by molar-refractivity contribution is -0.140. The number of sulfonamides is 1. The first-order valence-electron chi connectivity index (χ1n) is 10.9. The Morgan fingerprint density at radius 1 is 1.00 bits per heavy atom. The van der Waals surface area contributed by atoms with Gasteiger partial charge in [0.1, 0.15) is 12.6 Å². The van der Waals surface area contributed by atoms with E-state index in [1.54, 1.807) is 24.3 Å². The molecule has 0 aliphatic rings. The summed E-state index contributed by atoms with van der Waals surface area (Å²) in [6.45, 7) is 5.55. The van der Waals surface area contributed by atoms with E-state index in [1.807, 2.05) is 51.1 Å². The Bertz CT molecular complexity index is 1030. The average Bonchev–Trinajstić information content (AvgIpc) is 2.77. The van der Waals surface area contributed by atoms with Gasteiger partial charge in [0.2, 0.25) is 21.8 Å². The molecule has 0 heterocycles. The smallest absolute Gasteiger partial charge is 0.244 e. The molecule has 33 heavy (non-hydrogen) atoms. The molecule has 1 N–H and O–H groups in total. The van der Waals surface area contributed by atoms with Crippen molar-refractivity contribution in [2.45, 2.75) is 52.2 Å². The Labute approximate surface area is 210 Å². The number of hydrogen-bond donors (Lipinski definition) is 1. The number of rotatable bonds is 11. The van der Waals surface area contributed by atoms with Gasteiger partial charge in [-0.1, -0.05) is 44.2 Å². The first kappa shape index (κ1) is 27.1. The van der Waals surface area contributed by atoms with Gasteiger partial charge in [-0.15, -0.1) is 0 Å². The highest BCUT2D eigenvalue weighted by molar-refractivity contribution is 14.1. The number of halogens is 1. The van der Waals surface area contributed by atoms with Crippen molar-refractivity contribution in [3.8, 4) is 0 Å². The molecule has 2 aromatic rings. The number of nitrogens with one attached hydrogen (secondary N) is 1. The molecular formula is C24H32IN3O4S. The summed E-state index contributed by atoms with van der Waals surface area (Å²) in [7, 11) is -3.73. The SMILES string of the molecule is CC[C@@H](C)NC(=O)[C@@H](CC)N(Cc1ccccc1)C(=O)CN(c1ccc(I)cc1)S(C)(=O)=O. The van der Waals surface area contributed by atoms with Gasteiger partial charge in [-0.25, -0.2) is 8.42 Å². The van der Waals surface area contributed by atoms with Gasteiger partial charge >= 0.3 is 0 Å². The molecule has 0 aliphatic carbocycles. The molecule has 2 rings (SSSR count). The van der Waals surface area contributed by atoms with Crippen LogP contribution in [0.2, 0.25) is 0 Å². The Hall–Kier alpha value is -2.14. The van der Waals surface area contributed by atoms with Crippen molar-refractivity contribution in [1.82, 2.24) is 10.2 Å². The summed E-state index contributed by atoms with van der Waals surface area (Å²) in [5.74, 6) is -0.676. The molecule has 180 valence electrons. The van der Waals surface area contributed by atoms with Crippen LogP contribution in [-0.4, -0.2) is 50.0 Å². The van der Waals surface area contributed by atoms with Crippen LogP contribution in [-0.2, 0) is 26.2 Å². The number of carbonyl (C=O) groups excluding carboxylic acids is 2. The van der Waals surface area contributed by atoms with E-state index in [-0.39, 0.29) is 25.0 Å². The van der Waals surface area contributed by atoms with E-state index in [0.29, 0.717) is 12.1 Å². The van der Waals surface area contributed by atoms with Gasteiger partial charge in [-0.3, -0.25) is 13.9 Å². The van der Waals surface area contributed by atoms with Crippen LogP contribution in [0.25, 0.3) is 0 Å². The molecule has 0 bridgehead atoms. The van der Waals surface area contributed by atoms with Crippen molar-refractivity contribution in [3.05, 3.63) is 63.7 Å². The molecular weight excluding hydrogens is 553 g/mol. The molecule has 2 atom stereocenters. The Morgan fingerprint density at radius 2 is 1.61 bits per heavy atom. The third kappa shape index (κ3) is 7.99. The molecule has 0 radical (unpaired) electrons. The van der Waals surface area contributed by atoms with Gasteiger partial charge in [0, 0.05) is 16.2 Å². The lowest BCUT2D eigenvalue weighted by Gasteiger charge is -2.33. The van der Waals surface area contributed by atoms with Gasteiger partial charge in [0.15, 0.2) is 0 Å². The van der Waals surface area contributed by atoms with Gasteiger partial charge in [-0.2, -0.15) is 0 Å². The summed E-state index contributed by atoms with van der Waals surface area (Å²) in [4.78, 5) is 28.1. The lowest BCUT2D eigenvalue weighted by atomic mass is 10.1. The van der Waals surface area contributed by atoms with E-state index < -0.39 is 22.0 Å². The zero-order chi connectivity index (χ0) is 24.6. The number of benzene rings is 2. The summed E-state index contributed by atoms with van der Waals surface area (Å²) in [6.07, 6.45) is 2.25. The van der Waals surface area contributed by atoms with Crippen LogP contribution in [0.4, 0.5) is 5.69 Å². The second-order valence-electron chi connectivity index (χ2n) is 8.00. The minimum Gasteiger partial charge on any atom is -0.352 e. The van der Waals surface area contributed by atoms with E-state index in [9.17, 15) is 18.0 Å². The molecule has 2 amide bonds. The normalized spacial score (nSPS) is 13.1. The number of amides is 2. The Balaban J connectivity index is 2.39. The highest BCUT2D eigenvalue weighted by Gasteiger charge is 2.32. The van der Waals surface area contributed by atoms with Crippen LogP contribution >= 0.6 is 22.6 Å². The zero-order valence-electron chi connectivity index (χ0n) is 19.5. The lowest BCUT2D eigenvalue weighted by Crippen LogP contribution is -2.53. The maximum atomic E-state index is 13.5. The fraction of sp³-hybridized carbons (Fsp3) is 0.417. The Morgan fingerprint density at radius 3 is 2.12 bits per heavy atom. The predicted octanol–water partition coefficient (Wildman–Crippen LogP) is 3.78.